The third-order valence-corrected chi connectivity index (χ3v) is 1.81. The molecule has 0 aromatic rings. The van der Waals surface area contributed by atoms with Crippen molar-refractivity contribution in [2.45, 2.75) is 0 Å². The average Bonchev–Trinajstić information content (AvgIpc) is 2.13. The van der Waals surface area contributed by atoms with E-state index < -0.39 is 5.97 Å². The van der Waals surface area contributed by atoms with E-state index in [9.17, 15) is 9.59 Å². The molecular formula is C5H5NO3S. The van der Waals surface area contributed by atoms with Crippen molar-refractivity contribution in [3.63, 3.8) is 0 Å². The molecule has 0 radical (unpaired) electrons. The third kappa shape index (κ3) is 1.77. The van der Waals surface area contributed by atoms with Gasteiger partial charge in [0.2, 0.25) is 5.91 Å². The highest BCUT2D eigenvalue weighted by atomic mass is 32.2. The number of aliphatic carboxylic acids is 1. The molecule has 0 aliphatic carbocycles. The van der Waals surface area contributed by atoms with Gasteiger partial charge in [-0.25, -0.2) is 4.79 Å². The molecule has 54 valence electrons. The Bertz CT molecular complexity index is 211. The largest absolute Gasteiger partial charge is 0.478 e. The molecule has 0 saturated carbocycles. The second-order valence-electron chi connectivity index (χ2n) is 1.68. The third-order valence-electron chi connectivity index (χ3n) is 0.876. The lowest BCUT2D eigenvalue weighted by Gasteiger charge is -1.89. The predicted molar refractivity (Wildman–Crippen MR) is 36.3 cm³/mol. The van der Waals surface area contributed by atoms with Crippen molar-refractivity contribution >= 4 is 23.6 Å². The molecule has 1 fully saturated rings. The van der Waals surface area contributed by atoms with E-state index in [0.29, 0.717) is 10.8 Å². The van der Waals surface area contributed by atoms with Crippen LogP contribution in [0.15, 0.2) is 11.1 Å². The molecule has 2 N–H and O–H groups in total. The number of nitrogens with one attached hydrogen (secondary N) is 1. The first kappa shape index (κ1) is 7.14. The average molecular weight is 159 g/mol. The number of carbonyl (C=O) groups is 2. The van der Waals surface area contributed by atoms with Crippen LogP contribution in [0.25, 0.3) is 0 Å². The Labute approximate surface area is 61.3 Å². The van der Waals surface area contributed by atoms with E-state index in [-0.39, 0.29) is 5.91 Å². The standard InChI is InChI=1S/C5H5NO3S/c7-3-2-10-4(6-3)1-5(8)9/h1H,2H2,(H,6,7)(H,8,9)/b4-1-. The van der Waals surface area contributed by atoms with Gasteiger partial charge in [0.15, 0.2) is 0 Å². The second-order valence-corrected chi connectivity index (χ2v) is 2.70. The lowest BCUT2D eigenvalue weighted by molar-refractivity contribution is -0.131. The first-order valence-corrected chi connectivity index (χ1v) is 3.54. The minimum atomic E-state index is -1.04. The molecule has 5 heteroatoms. The van der Waals surface area contributed by atoms with Crippen molar-refractivity contribution in [1.29, 1.82) is 0 Å². The maximum atomic E-state index is 10.5. The van der Waals surface area contributed by atoms with Crippen LogP contribution in [0.1, 0.15) is 0 Å². The molecule has 0 aromatic carbocycles. The first-order valence-electron chi connectivity index (χ1n) is 2.56. The summed E-state index contributed by atoms with van der Waals surface area (Å²) in [5, 5.41) is 11.0. The van der Waals surface area contributed by atoms with E-state index in [1.165, 1.54) is 11.8 Å². The topological polar surface area (TPSA) is 66.4 Å². The van der Waals surface area contributed by atoms with Crippen molar-refractivity contribution in [3.8, 4) is 0 Å². The zero-order valence-corrected chi connectivity index (χ0v) is 5.77. The van der Waals surface area contributed by atoms with Crippen molar-refractivity contribution < 1.29 is 14.7 Å². The van der Waals surface area contributed by atoms with E-state index >= 15 is 0 Å². The van der Waals surface area contributed by atoms with Gasteiger partial charge in [0.05, 0.1) is 16.9 Å². The van der Waals surface area contributed by atoms with Crippen LogP contribution in [0.5, 0.6) is 0 Å². The second kappa shape index (κ2) is 2.74. The van der Waals surface area contributed by atoms with Crippen LogP contribution in [0.2, 0.25) is 0 Å². The number of hydrogen-bond acceptors (Lipinski definition) is 3. The van der Waals surface area contributed by atoms with Crippen LogP contribution < -0.4 is 5.32 Å². The lowest BCUT2D eigenvalue weighted by Crippen LogP contribution is -2.14. The van der Waals surface area contributed by atoms with Crippen LogP contribution >= 0.6 is 11.8 Å². The molecule has 0 spiro atoms. The summed E-state index contributed by atoms with van der Waals surface area (Å²) in [6, 6.07) is 0. The summed E-state index contributed by atoms with van der Waals surface area (Å²) in [5.41, 5.74) is 0. The fourth-order valence-corrected chi connectivity index (χ4v) is 1.27. The SMILES string of the molecule is O=C(O)/C=C1/NC(=O)CS1. The van der Waals surface area contributed by atoms with Crippen LogP contribution in [0.3, 0.4) is 0 Å². The molecule has 1 rings (SSSR count). The van der Waals surface area contributed by atoms with Gasteiger partial charge in [0, 0.05) is 0 Å². The Morgan fingerprint density at radius 3 is 2.90 bits per heavy atom. The number of thioether (sulfide) groups is 1. The number of hydrogen-bond donors (Lipinski definition) is 2. The van der Waals surface area contributed by atoms with Crippen molar-refractivity contribution in [2.24, 2.45) is 0 Å². The van der Waals surface area contributed by atoms with E-state index in [2.05, 4.69) is 5.32 Å². The Balaban J connectivity index is 2.59. The Morgan fingerprint density at radius 2 is 2.50 bits per heavy atom. The van der Waals surface area contributed by atoms with Gasteiger partial charge in [-0.05, 0) is 0 Å². The van der Waals surface area contributed by atoms with Crippen molar-refractivity contribution in [3.05, 3.63) is 11.1 Å². The molecule has 0 aromatic heterocycles. The lowest BCUT2D eigenvalue weighted by atomic mass is 10.6. The van der Waals surface area contributed by atoms with E-state index in [4.69, 9.17) is 5.11 Å². The zero-order chi connectivity index (χ0) is 7.56. The van der Waals surface area contributed by atoms with Gasteiger partial charge in [-0.1, -0.05) is 11.8 Å². The summed E-state index contributed by atoms with van der Waals surface area (Å²) >= 11 is 1.20. The highest BCUT2D eigenvalue weighted by Crippen LogP contribution is 2.17. The Kier molecular flexibility index (Phi) is 1.96. The summed E-state index contributed by atoms with van der Waals surface area (Å²) in [6.45, 7) is 0. The molecule has 0 bridgehead atoms. The predicted octanol–water partition coefficient (Wildman–Crippen LogP) is -0.225. The molecule has 1 heterocycles. The van der Waals surface area contributed by atoms with Gasteiger partial charge in [-0.15, -0.1) is 0 Å². The van der Waals surface area contributed by atoms with Gasteiger partial charge >= 0.3 is 5.97 Å². The molecule has 1 aliphatic rings. The summed E-state index contributed by atoms with van der Waals surface area (Å²) in [7, 11) is 0. The molecular weight excluding hydrogens is 154 g/mol. The number of carbonyl (C=O) groups excluding carboxylic acids is 1. The minimum absolute atomic E-state index is 0.141. The van der Waals surface area contributed by atoms with Gasteiger partial charge in [-0.3, -0.25) is 4.79 Å². The quantitative estimate of drug-likeness (QED) is 0.519. The van der Waals surface area contributed by atoms with Crippen LogP contribution in [-0.2, 0) is 9.59 Å². The maximum absolute atomic E-state index is 10.5. The van der Waals surface area contributed by atoms with Gasteiger partial charge in [0.1, 0.15) is 0 Å². The van der Waals surface area contributed by atoms with E-state index in [1.54, 1.807) is 0 Å². The highest BCUT2D eigenvalue weighted by Gasteiger charge is 2.15. The molecule has 4 nitrogen and oxygen atoms in total. The maximum Gasteiger partial charge on any atom is 0.330 e. The molecule has 1 saturated heterocycles. The summed E-state index contributed by atoms with van der Waals surface area (Å²) in [6.07, 6.45) is 0.982. The van der Waals surface area contributed by atoms with Crippen LogP contribution in [-0.4, -0.2) is 22.7 Å². The summed E-state index contributed by atoms with van der Waals surface area (Å²) in [4.78, 5) is 20.5. The van der Waals surface area contributed by atoms with Crippen LogP contribution in [0, 0.1) is 0 Å². The van der Waals surface area contributed by atoms with E-state index in [0.717, 1.165) is 6.08 Å². The van der Waals surface area contributed by atoms with Gasteiger partial charge in [-0.2, -0.15) is 0 Å². The van der Waals surface area contributed by atoms with Crippen LogP contribution in [0.4, 0.5) is 0 Å². The number of rotatable bonds is 1. The van der Waals surface area contributed by atoms with E-state index in [1.807, 2.05) is 0 Å². The van der Waals surface area contributed by atoms with Gasteiger partial charge < -0.3 is 10.4 Å². The molecule has 10 heavy (non-hydrogen) atoms. The highest BCUT2D eigenvalue weighted by molar-refractivity contribution is 8.04. The first-order chi connectivity index (χ1) is 4.68. The Hall–Kier alpha value is -0.970. The number of amides is 1. The minimum Gasteiger partial charge on any atom is -0.478 e. The molecule has 1 amide bonds. The number of carboxylic acids is 1. The normalized spacial score (nSPS) is 21.2. The monoisotopic (exact) mass is 159 g/mol. The number of carboxylic acid groups (broad SMARTS) is 1. The summed E-state index contributed by atoms with van der Waals surface area (Å²) < 4.78 is 0. The fraction of sp³-hybridized carbons (Fsp3) is 0.200. The van der Waals surface area contributed by atoms with Crippen molar-refractivity contribution in [2.75, 3.05) is 5.75 Å². The fourth-order valence-electron chi connectivity index (χ4n) is 0.543. The van der Waals surface area contributed by atoms with Gasteiger partial charge in [0.25, 0.3) is 0 Å². The van der Waals surface area contributed by atoms with Crippen molar-refractivity contribution in [1.82, 2.24) is 5.32 Å². The molecule has 0 unspecified atom stereocenters. The summed E-state index contributed by atoms with van der Waals surface area (Å²) in [5.74, 6) is -0.860. The smallest absolute Gasteiger partial charge is 0.330 e. The Morgan fingerprint density at radius 1 is 1.80 bits per heavy atom. The molecule has 0 atom stereocenters. The zero-order valence-electron chi connectivity index (χ0n) is 4.96. The molecule has 1 aliphatic heterocycles.